The Kier molecular flexibility index (Phi) is 4.60. The fourth-order valence-electron chi connectivity index (χ4n) is 3.68. The second kappa shape index (κ2) is 7.25. The highest BCUT2D eigenvalue weighted by Crippen LogP contribution is 2.32. The van der Waals surface area contributed by atoms with Gasteiger partial charge in [0.2, 0.25) is 11.7 Å². The normalized spacial score (nSPS) is 14.2. The first-order valence-corrected chi connectivity index (χ1v) is 10.9. The molecule has 1 aliphatic carbocycles. The number of fused-ring (bicyclic) bond motifs is 3. The molecule has 4 aromatic rings. The molecule has 5 rings (SSSR count). The third-order valence-corrected chi connectivity index (χ3v) is 6.74. The second-order valence-corrected chi connectivity index (χ2v) is 8.94. The van der Waals surface area contributed by atoms with E-state index in [0.29, 0.717) is 11.7 Å². The molecule has 0 aliphatic heterocycles. The number of aromatic nitrogens is 4. The minimum atomic E-state index is -0.0217. The van der Waals surface area contributed by atoms with Crippen molar-refractivity contribution in [2.75, 3.05) is 0 Å². The number of halogens is 1. The van der Waals surface area contributed by atoms with Gasteiger partial charge in [0.25, 0.3) is 5.56 Å². The average molecular weight is 457 g/mol. The van der Waals surface area contributed by atoms with Gasteiger partial charge in [0.1, 0.15) is 11.4 Å². The minimum Gasteiger partial charge on any atom is -0.337 e. The van der Waals surface area contributed by atoms with E-state index in [1.807, 2.05) is 24.3 Å². The number of rotatable bonds is 3. The van der Waals surface area contributed by atoms with Gasteiger partial charge >= 0.3 is 0 Å². The molecular formula is C20H17BrN4O2S. The van der Waals surface area contributed by atoms with Gasteiger partial charge in [-0.3, -0.25) is 9.36 Å². The Balaban J connectivity index is 1.50. The molecule has 0 saturated carbocycles. The van der Waals surface area contributed by atoms with E-state index in [1.165, 1.54) is 23.3 Å². The first-order valence-electron chi connectivity index (χ1n) is 9.27. The Labute approximate surface area is 173 Å². The zero-order valence-electron chi connectivity index (χ0n) is 15.0. The molecule has 3 aromatic heterocycles. The van der Waals surface area contributed by atoms with Crippen LogP contribution in [0, 0.1) is 0 Å². The SMILES string of the molecule is O=c1c2c3c(sc2ncn1Cc1nc(-c2cccc(Br)c2)no1)CCCCC3. The maximum absolute atomic E-state index is 13.1. The molecular weight excluding hydrogens is 440 g/mol. The lowest BCUT2D eigenvalue weighted by molar-refractivity contribution is 0.369. The van der Waals surface area contributed by atoms with Crippen LogP contribution in [0.25, 0.3) is 21.6 Å². The monoisotopic (exact) mass is 456 g/mol. The maximum atomic E-state index is 13.1. The number of benzene rings is 1. The lowest BCUT2D eigenvalue weighted by atomic mass is 10.1. The van der Waals surface area contributed by atoms with Crippen molar-refractivity contribution in [3.05, 3.63) is 61.8 Å². The van der Waals surface area contributed by atoms with Gasteiger partial charge in [-0.05, 0) is 43.4 Å². The molecule has 1 aromatic carbocycles. The van der Waals surface area contributed by atoms with Crippen molar-refractivity contribution in [2.24, 2.45) is 0 Å². The van der Waals surface area contributed by atoms with E-state index in [0.717, 1.165) is 39.5 Å². The molecule has 3 heterocycles. The molecule has 0 bridgehead atoms. The number of thiophene rings is 1. The van der Waals surface area contributed by atoms with Crippen LogP contribution in [0.5, 0.6) is 0 Å². The first kappa shape index (κ1) is 17.8. The number of hydrogen-bond acceptors (Lipinski definition) is 6. The summed E-state index contributed by atoms with van der Waals surface area (Å²) in [5.41, 5.74) is 2.03. The summed E-state index contributed by atoms with van der Waals surface area (Å²) in [6, 6.07) is 7.70. The van der Waals surface area contributed by atoms with Crippen molar-refractivity contribution in [2.45, 2.75) is 38.6 Å². The van der Waals surface area contributed by atoms with Gasteiger partial charge in [0.15, 0.2) is 0 Å². The van der Waals surface area contributed by atoms with Crippen molar-refractivity contribution in [1.82, 2.24) is 19.7 Å². The fourth-order valence-corrected chi connectivity index (χ4v) is 5.30. The Morgan fingerprint density at radius 1 is 1.21 bits per heavy atom. The molecule has 0 amide bonds. The third kappa shape index (κ3) is 3.20. The van der Waals surface area contributed by atoms with Gasteiger partial charge in [-0.2, -0.15) is 4.98 Å². The van der Waals surface area contributed by atoms with Gasteiger partial charge < -0.3 is 4.52 Å². The molecule has 0 fully saturated rings. The van der Waals surface area contributed by atoms with Crippen LogP contribution in [0.4, 0.5) is 0 Å². The summed E-state index contributed by atoms with van der Waals surface area (Å²) < 4.78 is 7.90. The molecule has 28 heavy (non-hydrogen) atoms. The molecule has 0 radical (unpaired) electrons. The van der Waals surface area contributed by atoms with E-state index in [1.54, 1.807) is 22.2 Å². The van der Waals surface area contributed by atoms with Gasteiger partial charge in [0, 0.05) is 14.9 Å². The molecule has 0 spiro atoms. The Bertz CT molecular complexity index is 1230. The molecule has 0 atom stereocenters. The summed E-state index contributed by atoms with van der Waals surface area (Å²) in [5, 5.41) is 4.82. The summed E-state index contributed by atoms with van der Waals surface area (Å²) in [7, 11) is 0. The van der Waals surface area contributed by atoms with Crippen LogP contribution in [0.3, 0.4) is 0 Å². The van der Waals surface area contributed by atoms with Crippen LogP contribution in [-0.4, -0.2) is 19.7 Å². The van der Waals surface area contributed by atoms with Crippen molar-refractivity contribution in [3.63, 3.8) is 0 Å². The maximum Gasteiger partial charge on any atom is 0.262 e. The summed E-state index contributed by atoms with van der Waals surface area (Å²) in [4.78, 5) is 24.3. The van der Waals surface area contributed by atoms with Crippen LogP contribution >= 0.6 is 27.3 Å². The summed E-state index contributed by atoms with van der Waals surface area (Å²) in [6.07, 6.45) is 7.14. The quantitative estimate of drug-likeness (QED) is 0.421. The predicted octanol–water partition coefficient (Wildman–Crippen LogP) is 4.59. The van der Waals surface area contributed by atoms with E-state index in [4.69, 9.17) is 4.52 Å². The summed E-state index contributed by atoms with van der Waals surface area (Å²) in [6.45, 7) is 0.216. The summed E-state index contributed by atoms with van der Waals surface area (Å²) in [5.74, 6) is 0.891. The van der Waals surface area contributed by atoms with Crippen LogP contribution in [-0.2, 0) is 19.4 Å². The second-order valence-electron chi connectivity index (χ2n) is 6.94. The van der Waals surface area contributed by atoms with E-state index in [-0.39, 0.29) is 12.1 Å². The zero-order valence-corrected chi connectivity index (χ0v) is 17.4. The number of nitrogens with zero attached hydrogens (tertiary/aromatic N) is 4. The van der Waals surface area contributed by atoms with Gasteiger partial charge in [-0.15, -0.1) is 11.3 Å². The largest absolute Gasteiger partial charge is 0.337 e. The lowest BCUT2D eigenvalue weighted by Crippen LogP contribution is -2.21. The number of aryl methyl sites for hydroxylation is 2. The highest BCUT2D eigenvalue weighted by atomic mass is 79.9. The fraction of sp³-hybridized carbons (Fsp3) is 0.300. The molecule has 0 N–H and O–H groups in total. The molecule has 142 valence electrons. The molecule has 6 nitrogen and oxygen atoms in total. The lowest BCUT2D eigenvalue weighted by Gasteiger charge is -2.03. The van der Waals surface area contributed by atoms with Crippen LogP contribution in [0.2, 0.25) is 0 Å². The van der Waals surface area contributed by atoms with Crippen LogP contribution in [0.1, 0.15) is 35.6 Å². The predicted molar refractivity (Wildman–Crippen MR) is 112 cm³/mol. The molecule has 0 unspecified atom stereocenters. The molecule has 1 aliphatic rings. The average Bonchev–Trinajstić information content (AvgIpc) is 3.23. The van der Waals surface area contributed by atoms with Gasteiger partial charge in [-0.1, -0.05) is 39.6 Å². The van der Waals surface area contributed by atoms with Crippen molar-refractivity contribution >= 4 is 37.5 Å². The Hall–Kier alpha value is -2.32. The van der Waals surface area contributed by atoms with Crippen LogP contribution < -0.4 is 5.56 Å². The van der Waals surface area contributed by atoms with Crippen molar-refractivity contribution in [1.29, 1.82) is 0 Å². The Morgan fingerprint density at radius 2 is 2.11 bits per heavy atom. The summed E-state index contributed by atoms with van der Waals surface area (Å²) >= 11 is 5.11. The van der Waals surface area contributed by atoms with E-state index >= 15 is 0 Å². The van der Waals surface area contributed by atoms with Crippen molar-refractivity contribution < 1.29 is 4.52 Å². The minimum absolute atomic E-state index is 0.0217. The number of hydrogen-bond donors (Lipinski definition) is 0. The van der Waals surface area contributed by atoms with Crippen LogP contribution in [0.15, 0.2) is 44.4 Å². The zero-order chi connectivity index (χ0) is 19.1. The smallest absolute Gasteiger partial charge is 0.262 e. The Morgan fingerprint density at radius 3 is 3.00 bits per heavy atom. The highest BCUT2D eigenvalue weighted by Gasteiger charge is 2.20. The van der Waals surface area contributed by atoms with Gasteiger partial charge in [0.05, 0.1) is 11.7 Å². The standard InChI is InChI=1S/C20H17BrN4O2S/c21-13-6-4-5-12(9-13)18-23-16(27-24-18)10-25-11-22-19-17(20(25)26)14-7-2-1-3-8-15(14)28-19/h4-6,9,11H,1-3,7-8,10H2. The first-order chi connectivity index (χ1) is 13.7. The molecule has 0 saturated heterocycles. The third-order valence-electron chi connectivity index (χ3n) is 5.05. The van der Waals surface area contributed by atoms with Gasteiger partial charge in [-0.25, -0.2) is 4.98 Å². The highest BCUT2D eigenvalue weighted by molar-refractivity contribution is 9.10. The van der Waals surface area contributed by atoms with E-state index < -0.39 is 0 Å². The topological polar surface area (TPSA) is 73.8 Å². The van der Waals surface area contributed by atoms with E-state index in [2.05, 4.69) is 31.1 Å². The van der Waals surface area contributed by atoms with Crippen molar-refractivity contribution in [3.8, 4) is 11.4 Å². The van der Waals surface area contributed by atoms with E-state index in [9.17, 15) is 4.79 Å². The molecule has 8 heteroatoms.